The summed E-state index contributed by atoms with van der Waals surface area (Å²) in [5, 5.41) is 3.73. The van der Waals surface area contributed by atoms with Gasteiger partial charge in [0.15, 0.2) is 0 Å². The lowest BCUT2D eigenvalue weighted by molar-refractivity contribution is -0.115. The molecule has 19 heavy (non-hydrogen) atoms. The number of nitrogens with zero attached hydrogens (tertiary/aromatic N) is 2. The highest BCUT2D eigenvalue weighted by Gasteiger charge is 2.09. The van der Waals surface area contributed by atoms with Crippen LogP contribution in [-0.4, -0.2) is 20.9 Å². The smallest absolute Gasteiger partial charge is 0.231 e. The van der Waals surface area contributed by atoms with Gasteiger partial charge < -0.3 is 4.98 Å². The molecule has 2 aromatic heterocycles. The fourth-order valence-electron chi connectivity index (χ4n) is 1.98. The Balaban J connectivity index is 1.76. The van der Waals surface area contributed by atoms with E-state index in [1.54, 1.807) is 18.5 Å². The monoisotopic (exact) mass is 252 g/mol. The number of carbonyl (C=O) groups is 1. The van der Waals surface area contributed by atoms with Crippen LogP contribution in [0.5, 0.6) is 0 Å². The summed E-state index contributed by atoms with van der Waals surface area (Å²) in [6, 6.07) is 9.60. The minimum Gasteiger partial charge on any atom is -0.361 e. The maximum atomic E-state index is 11.9. The molecule has 0 fully saturated rings. The zero-order valence-corrected chi connectivity index (χ0v) is 10.1. The van der Waals surface area contributed by atoms with E-state index in [9.17, 15) is 4.79 Å². The highest BCUT2D eigenvalue weighted by molar-refractivity contribution is 5.94. The van der Waals surface area contributed by atoms with Crippen LogP contribution >= 0.6 is 0 Å². The molecule has 3 aromatic rings. The first kappa shape index (κ1) is 11.4. The van der Waals surface area contributed by atoms with Gasteiger partial charge >= 0.3 is 0 Å². The molecule has 0 saturated carbocycles. The molecule has 2 N–H and O–H groups in total. The maximum Gasteiger partial charge on any atom is 0.231 e. The summed E-state index contributed by atoms with van der Waals surface area (Å²) in [7, 11) is 0. The molecule has 0 unspecified atom stereocenters. The van der Waals surface area contributed by atoms with Gasteiger partial charge in [0.2, 0.25) is 11.9 Å². The molecule has 0 spiro atoms. The van der Waals surface area contributed by atoms with Gasteiger partial charge in [0.25, 0.3) is 0 Å². The van der Waals surface area contributed by atoms with Crippen molar-refractivity contribution in [2.75, 3.05) is 5.32 Å². The van der Waals surface area contributed by atoms with E-state index in [2.05, 4.69) is 20.3 Å². The quantitative estimate of drug-likeness (QED) is 0.750. The molecule has 0 aliphatic carbocycles. The van der Waals surface area contributed by atoms with E-state index in [4.69, 9.17) is 0 Å². The average Bonchev–Trinajstić information content (AvgIpc) is 2.83. The average molecular weight is 252 g/mol. The lowest BCUT2D eigenvalue weighted by Crippen LogP contribution is -2.15. The molecule has 2 heterocycles. The summed E-state index contributed by atoms with van der Waals surface area (Å²) in [4.78, 5) is 23.0. The van der Waals surface area contributed by atoms with Crippen molar-refractivity contribution in [3.05, 3.63) is 54.5 Å². The topological polar surface area (TPSA) is 70.7 Å². The lowest BCUT2D eigenvalue weighted by Gasteiger charge is -2.02. The summed E-state index contributed by atoms with van der Waals surface area (Å²) >= 11 is 0. The molecule has 0 bridgehead atoms. The van der Waals surface area contributed by atoms with Crippen LogP contribution in [0.25, 0.3) is 10.9 Å². The van der Waals surface area contributed by atoms with Crippen LogP contribution in [0, 0.1) is 0 Å². The number of H-pyrrole nitrogens is 1. The fourth-order valence-corrected chi connectivity index (χ4v) is 1.98. The summed E-state index contributed by atoms with van der Waals surface area (Å²) in [5.74, 6) is 0.197. The number of hydrogen-bond donors (Lipinski definition) is 2. The zero-order valence-electron chi connectivity index (χ0n) is 10.1. The van der Waals surface area contributed by atoms with Crippen LogP contribution in [-0.2, 0) is 11.2 Å². The first-order chi connectivity index (χ1) is 9.33. The summed E-state index contributed by atoms with van der Waals surface area (Å²) < 4.78 is 0. The Kier molecular flexibility index (Phi) is 2.94. The summed E-state index contributed by atoms with van der Waals surface area (Å²) in [6.07, 6.45) is 5.33. The van der Waals surface area contributed by atoms with Gasteiger partial charge in [0.05, 0.1) is 6.42 Å². The van der Waals surface area contributed by atoms with Gasteiger partial charge in [0, 0.05) is 29.5 Å². The molecule has 0 saturated heterocycles. The summed E-state index contributed by atoms with van der Waals surface area (Å²) in [5.41, 5.74) is 1.99. The van der Waals surface area contributed by atoms with E-state index in [1.165, 1.54) is 0 Å². The molecule has 3 rings (SSSR count). The second-order valence-corrected chi connectivity index (χ2v) is 4.16. The molecule has 5 nitrogen and oxygen atoms in total. The molecule has 0 atom stereocenters. The third kappa shape index (κ3) is 2.44. The highest BCUT2D eigenvalue weighted by Crippen LogP contribution is 2.18. The molecule has 0 aliphatic rings. The first-order valence-corrected chi connectivity index (χ1v) is 5.95. The van der Waals surface area contributed by atoms with E-state index < -0.39 is 0 Å². The largest absolute Gasteiger partial charge is 0.361 e. The molecule has 0 radical (unpaired) electrons. The molecule has 1 aromatic carbocycles. The Bertz CT molecular complexity index is 706. The second-order valence-electron chi connectivity index (χ2n) is 4.16. The van der Waals surface area contributed by atoms with Gasteiger partial charge in [-0.15, -0.1) is 0 Å². The van der Waals surface area contributed by atoms with Crippen molar-refractivity contribution in [2.24, 2.45) is 0 Å². The Morgan fingerprint density at radius 1 is 1.16 bits per heavy atom. The number of amides is 1. The minimum atomic E-state index is -0.129. The van der Waals surface area contributed by atoms with Crippen molar-refractivity contribution in [1.82, 2.24) is 15.0 Å². The van der Waals surface area contributed by atoms with E-state index in [0.29, 0.717) is 12.4 Å². The predicted molar refractivity (Wildman–Crippen MR) is 72.7 cm³/mol. The van der Waals surface area contributed by atoms with E-state index in [1.807, 2.05) is 30.5 Å². The number of carbonyl (C=O) groups excluding carboxylic acids is 1. The molecule has 5 heteroatoms. The van der Waals surface area contributed by atoms with Crippen LogP contribution < -0.4 is 5.32 Å². The Morgan fingerprint density at radius 3 is 2.79 bits per heavy atom. The minimum absolute atomic E-state index is 0.129. The van der Waals surface area contributed by atoms with Crippen LogP contribution in [0.1, 0.15) is 5.56 Å². The van der Waals surface area contributed by atoms with E-state index in [-0.39, 0.29) is 5.91 Å². The SMILES string of the molecule is O=C(Cc1c[nH]c2ccccc12)Nc1ncccn1. The van der Waals surface area contributed by atoms with E-state index in [0.717, 1.165) is 16.5 Å². The van der Waals surface area contributed by atoms with Crippen molar-refractivity contribution < 1.29 is 4.79 Å². The van der Waals surface area contributed by atoms with Gasteiger partial charge in [-0.2, -0.15) is 0 Å². The number of anilines is 1. The molecular weight excluding hydrogens is 240 g/mol. The Hall–Kier alpha value is -2.69. The normalized spacial score (nSPS) is 10.5. The molecular formula is C14H12N4O. The van der Waals surface area contributed by atoms with Crippen molar-refractivity contribution in [2.45, 2.75) is 6.42 Å². The highest BCUT2D eigenvalue weighted by atomic mass is 16.1. The van der Waals surface area contributed by atoms with E-state index >= 15 is 0 Å². The zero-order chi connectivity index (χ0) is 13.1. The van der Waals surface area contributed by atoms with Crippen LogP contribution in [0.15, 0.2) is 48.9 Å². The Labute approximate surface area is 109 Å². The lowest BCUT2D eigenvalue weighted by atomic mass is 10.1. The van der Waals surface area contributed by atoms with Gasteiger partial charge in [-0.25, -0.2) is 9.97 Å². The fraction of sp³-hybridized carbons (Fsp3) is 0.0714. The maximum absolute atomic E-state index is 11.9. The molecule has 94 valence electrons. The van der Waals surface area contributed by atoms with Crippen LogP contribution in [0.3, 0.4) is 0 Å². The number of fused-ring (bicyclic) bond motifs is 1. The number of para-hydroxylation sites is 1. The molecule has 1 amide bonds. The van der Waals surface area contributed by atoms with Crippen LogP contribution in [0.2, 0.25) is 0 Å². The van der Waals surface area contributed by atoms with Gasteiger partial charge in [-0.05, 0) is 17.7 Å². The van der Waals surface area contributed by atoms with Crippen molar-refractivity contribution in [3.8, 4) is 0 Å². The third-order valence-corrected chi connectivity index (χ3v) is 2.84. The Morgan fingerprint density at radius 2 is 1.95 bits per heavy atom. The summed E-state index contributed by atoms with van der Waals surface area (Å²) in [6.45, 7) is 0. The number of nitrogens with one attached hydrogen (secondary N) is 2. The van der Waals surface area contributed by atoms with Crippen LogP contribution in [0.4, 0.5) is 5.95 Å². The number of aromatic nitrogens is 3. The first-order valence-electron chi connectivity index (χ1n) is 5.95. The number of benzene rings is 1. The molecule has 0 aliphatic heterocycles. The number of hydrogen-bond acceptors (Lipinski definition) is 3. The number of rotatable bonds is 3. The van der Waals surface area contributed by atoms with Gasteiger partial charge in [-0.1, -0.05) is 18.2 Å². The van der Waals surface area contributed by atoms with Crippen molar-refractivity contribution in [1.29, 1.82) is 0 Å². The van der Waals surface area contributed by atoms with Gasteiger partial charge in [-0.3, -0.25) is 10.1 Å². The van der Waals surface area contributed by atoms with Crippen molar-refractivity contribution in [3.63, 3.8) is 0 Å². The third-order valence-electron chi connectivity index (χ3n) is 2.84. The standard InChI is InChI=1S/C14H12N4O/c19-13(18-14-15-6-3-7-16-14)8-10-9-17-12-5-2-1-4-11(10)12/h1-7,9,17H,8H2,(H,15,16,18,19). The number of aromatic amines is 1. The van der Waals surface area contributed by atoms with Gasteiger partial charge in [0.1, 0.15) is 0 Å². The predicted octanol–water partition coefficient (Wildman–Crippen LogP) is 2.14. The second kappa shape index (κ2) is 4.89. The van der Waals surface area contributed by atoms with Crippen molar-refractivity contribution >= 4 is 22.8 Å².